The van der Waals surface area contributed by atoms with E-state index in [1.165, 1.54) is 6.42 Å². The van der Waals surface area contributed by atoms with Crippen LogP contribution in [0.25, 0.3) is 0 Å². The summed E-state index contributed by atoms with van der Waals surface area (Å²) in [7, 11) is 0. The predicted octanol–water partition coefficient (Wildman–Crippen LogP) is 3.26. The van der Waals surface area contributed by atoms with E-state index in [4.69, 9.17) is 0 Å². The molecule has 1 atom stereocenters. The number of hydrogen-bond acceptors (Lipinski definition) is 2. The van der Waals surface area contributed by atoms with Crippen LogP contribution in [0.2, 0.25) is 0 Å². The molecule has 0 radical (unpaired) electrons. The van der Waals surface area contributed by atoms with E-state index in [1.807, 2.05) is 29.2 Å². The summed E-state index contributed by atoms with van der Waals surface area (Å²) in [6.45, 7) is 7.93. The number of carbonyl (C=O) groups excluding carboxylic acids is 2. The second-order valence-electron chi connectivity index (χ2n) is 7.43. The van der Waals surface area contributed by atoms with Gasteiger partial charge in [-0.1, -0.05) is 32.0 Å². The van der Waals surface area contributed by atoms with Crippen LogP contribution >= 0.6 is 0 Å². The molecule has 25 heavy (non-hydrogen) atoms. The Bertz CT molecular complexity index is 648. The normalized spacial score (nSPS) is 23.5. The first-order chi connectivity index (χ1) is 12.0. The second-order valence-corrected chi connectivity index (χ2v) is 7.43. The molecule has 2 aliphatic heterocycles. The third-order valence-electron chi connectivity index (χ3n) is 5.49. The predicted molar refractivity (Wildman–Crippen MR) is 98.5 cm³/mol. The maximum atomic E-state index is 12.7. The number of para-hydroxylation sites is 1. The van der Waals surface area contributed by atoms with Crippen LogP contribution in [0.1, 0.15) is 38.7 Å². The van der Waals surface area contributed by atoms with Crippen molar-refractivity contribution in [3.8, 4) is 0 Å². The summed E-state index contributed by atoms with van der Waals surface area (Å²) in [6, 6.07) is 7.63. The summed E-state index contributed by atoms with van der Waals surface area (Å²) in [6.07, 6.45) is 3.30. The maximum Gasteiger partial charge on any atom is 0.321 e. The summed E-state index contributed by atoms with van der Waals surface area (Å²) in [5.41, 5.74) is 1.96. The summed E-state index contributed by atoms with van der Waals surface area (Å²) >= 11 is 0. The highest BCUT2D eigenvalue weighted by atomic mass is 16.2. The van der Waals surface area contributed by atoms with E-state index in [9.17, 15) is 9.59 Å². The number of amides is 4. The Kier molecular flexibility index (Phi) is 5.16. The molecule has 0 saturated carbocycles. The largest absolute Gasteiger partial charge is 0.336 e. The first kappa shape index (κ1) is 17.6. The molecule has 0 unspecified atom stereocenters. The van der Waals surface area contributed by atoms with Gasteiger partial charge in [0, 0.05) is 38.4 Å². The van der Waals surface area contributed by atoms with Crippen LogP contribution in [0.4, 0.5) is 15.3 Å². The topological polar surface area (TPSA) is 64.7 Å². The van der Waals surface area contributed by atoms with Crippen molar-refractivity contribution >= 4 is 17.7 Å². The molecule has 136 valence electrons. The van der Waals surface area contributed by atoms with Crippen molar-refractivity contribution in [3.05, 3.63) is 29.8 Å². The number of piperidine rings is 1. The van der Waals surface area contributed by atoms with Crippen molar-refractivity contribution < 1.29 is 9.59 Å². The Balaban J connectivity index is 1.68. The smallest absolute Gasteiger partial charge is 0.321 e. The Labute approximate surface area is 149 Å². The molecule has 6 heteroatoms. The number of anilines is 1. The molecule has 2 aliphatic rings. The quantitative estimate of drug-likeness (QED) is 0.880. The van der Waals surface area contributed by atoms with Crippen LogP contribution in [0.5, 0.6) is 0 Å². The number of benzene rings is 1. The van der Waals surface area contributed by atoms with Gasteiger partial charge in [-0.15, -0.1) is 0 Å². The van der Waals surface area contributed by atoms with Crippen LogP contribution < -0.4 is 10.6 Å². The lowest BCUT2D eigenvalue weighted by Crippen LogP contribution is -2.46. The number of likely N-dealkylation sites (tertiary alicyclic amines) is 1. The first-order valence-electron chi connectivity index (χ1n) is 9.17. The molecule has 2 saturated heterocycles. The molecule has 0 bridgehead atoms. The SMILES string of the molecule is CC[C@]1(C)CCCN(C(=O)Nc2ccccc2CN2CCNC2=O)C1. The average Bonchev–Trinajstić information content (AvgIpc) is 3.01. The van der Waals surface area contributed by atoms with E-state index >= 15 is 0 Å². The van der Waals surface area contributed by atoms with Gasteiger partial charge in [0.1, 0.15) is 0 Å². The van der Waals surface area contributed by atoms with Crippen molar-refractivity contribution in [3.63, 3.8) is 0 Å². The number of hydrogen-bond donors (Lipinski definition) is 2. The third-order valence-corrected chi connectivity index (χ3v) is 5.49. The monoisotopic (exact) mass is 344 g/mol. The molecule has 6 nitrogen and oxygen atoms in total. The fourth-order valence-corrected chi connectivity index (χ4v) is 3.62. The second kappa shape index (κ2) is 7.33. The number of carbonyl (C=O) groups is 2. The van der Waals surface area contributed by atoms with Crippen LogP contribution in [0, 0.1) is 5.41 Å². The lowest BCUT2D eigenvalue weighted by molar-refractivity contribution is 0.121. The van der Waals surface area contributed by atoms with Crippen molar-refractivity contribution in [1.82, 2.24) is 15.1 Å². The molecule has 1 aromatic carbocycles. The molecule has 1 aromatic rings. The average molecular weight is 344 g/mol. The fourth-order valence-electron chi connectivity index (χ4n) is 3.62. The lowest BCUT2D eigenvalue weighted by Gasteiger charge is -2.40. The van der Waals surface area contributed by atoms with Gasteiger partial charge < -0.3 is 20.4 Å². The molecule has 2 N–H and O–H groups in total. The zero-order valence-corrected chi connectivity index (χ0v) is 15.2. The molecule has 2 fully saturated rings. The summed E-state index contributed by atoms with van der Waals surface area (Å²) in [5, 5.41) is 5.87. The molecular formula is C19H28N4O2. The minimum atomic E-state index is -0.0455. The molecule has 2 heterocycles. The highest BCUT2D eigenvalue weighted by molar-refractivity contribution is 5.90. The summed E-state index contributed by atoms with van der Waals surface area (Å²) in [5.74, 6) is 0. The van der Waals surface area contributed by atoms with Gasteiger partial charge in [0.2, 0.25) is 0 Å². The van der Waals surface area contributed by atoms with Crippen molar-refractivity contribution in [2.45, 2.75) is 39.7 Å². The van der Waals surface area contributed by atoms with E-state index in [0.29, 0.717) is 19.6 Å². The molecule has 3 rings (SSSR count). The minimum Gasteiger partial charge on any atom is -0.336 e. The number of nitrogens with one attached hydrogen (secondary N) is 2. The molecular weight excluding hydrogens is 316 g/mol. The third kappa shape index (κ3) is 4.06. The molecule has 0 aromatic heterocycles. The number of urea groups is 2. The van der Waals surface area contributed by atoms with Gasteiger partial charge in [0.15, 0.2) is 0 Å². The van der Waals surface area contributed by atoms with Gasteiger partial charge in [0.25, 0.3) is 0 Å². The molecule has 4 amide bonds. The van der Waals surface area contributed by atoms with Gasteiger partial charge in [0.05, 0.1) is 0 Å². The standard InChI is InChI=1S/C19H28N4O2/c1-3-19(2)9-6-11-23(14-19)18(25)21-16-8-5-4-7-15(16)13-22-12-10-20-17(22)24/h4-5,7-8H,3,6,9-14H2,1-2H3,(H,20,24)(H,21,25)/t19-/m1/s1. The van der Waals surface area contributed by atoms with E-state index in [2.05, 4.69) is 24.5 Å². The molecule has 0 aliphatic carbocycles. The lowest BCUT2D eigenvalue weighted by atomic mass is 9.80. The maximum absolute atomic E-state index is 12.7. The Morgan fingerprint density at radius 2 is 2.12 bits per heavy atom. The van der Waals surface area contributed by atoms with E-state index in [-0.39, 0.29) is 17.5 Å². The Hall–Kier alpha value is -2.24. The highest BCUT2D eigenvalue weighted by Gasteiger charge is 2.31. The Morgan fingerprint density at radius 3 is 2.84 bits per heavy atom. The summed E-state index contributed by atoms with van der Waals surface area (Å²) in [4.78, 5) is 28.2. The van der Waals surface area contributed by atoms with Gasteiger partial charge >= 0.3 is 12.1 Å². The van der Waals surface area contributed by atoms with Crippen molar-refractivity contribution in [1.29, 1.82) is 0 Å². The van der Waals surface area contributed by atoms with Gasteiger partial charge in [-0.3, -0.25) is 0 Å². The number of nitrogens with zero attached hydrogens (tertiary/aromatic N) is 2. The zero-order chi connectivity index (χ0) is 17.9. The molecule has 0 spiro atoms. The van der Waals surface area contributed by atoms with Gasteiger partial charge in [-0.25, -0.2) is 9.59 Å². The van der Waals surface area contributed by atoms with Crippen LogP contribution in [0.15, 0.2) is 24.3 Å². The van der Waals surface area contributed by atoms with Crippen molar-refractivity contribution in [2.75, 3.05) is 31.5 Å². The summed E-state index contributed by atoms with van der Waals surface area (Å²) < 4.78 is 0. The van der Waals surface area contributed by atoms with Crippen LogP contribution in [-0.4, -0.2) is 48.0 Å². The van der Waals surface area contributed by atoms with Crippen molar-refractivity contribution in [2.24, 2.45) is 5.41 Å². The fraction of sp³-hybridized carbons (Fsp3) is 0.579. The first-order valence-corrected chi connectivity index (χ1v) is 9.17. The van der Waals surface area contributed by atoms with E-state index in [1.54, 1.807) is 4.90 Å². The van der Waals surface area contributed by atoms with Crippen LogP contribution in [0.3, 0.4) is 0 Å². The zero-order valence-electron chi connectivity index (χ0n) is 15.2. The minimum absolute atomic E-state index is 0.0438. The van der Waals surface area contributed by atoms with Crippen LogP contribution in [-0.2, 0) is 6.54 Å². The van der Waals surface area contributed by atoms with Gasteiger partial charge in [-0.2, -0.15) is 0 Å². The number of rotatable bonds is 4. The van der Waals surface area contributed by atoms with E-state index < -0.39 is 0 Å². The van der Waals surface area contributed by atoms with Gasteiger partial charge in [-0.05, 0) is 36.3 Å². The van der Waals surface area contributed by atoms with E-state index in [0.717, 1.165) is 37.2 Å². The Morgan fingerprint density at radius 1 is 1.32 bits per heavy atom. The highest BCUT2D eigenvalue weighted by Crippen LogP contribution is 2.32.